The lowest BCUT2D eigenvalue weighted by molar-refractivity contribution is 0.0916. The number of hydrogen-bond donors (Lipinski definition) is 2. The first kappa shape index (κ1) is 22.3. The Labute approximate surface area is 195 Å². The van der Waals surface area contributed by atoms with Crippen LogP contribution in [0.25, 0.3) is 11.1 Å². The van der Waals surface area contributed by atoms with Crippen molar-refractivity contribution in [2.45, 2.75) is 49.7 Å². The molecule has 2 fully saturated rings. The zero-order valence-corrected chi connectivity index (χ0v) is 18.4. The summed E-state index contributed by atoms with van der Waals surface area (Å²) in [5.41, 5.74) is 0.460. The third-order valence-corrected chi connectivity index (χ3v) is 6.70. The minimum absolute atomic E-state index is 0.160. The molecule has 2 N–H and O–H groups in total. The van der Waals surface area contributed by atoms with Crippen molar-refractivity contribution in [2.24, 2.45) is 0 Å². The van der Waals surface area contributed by atoms with Crippen LogP contribution in [0.4, 0.5) is 19.1 Å². The monoisotopic (exact) mass is 467 g/mol. The average Bonchev–Trinajstić information content (AvgIpc) is 2.79. The Morgan fingerprint density at radius 2 is 1.82 bits per heavy atom. The van der Waals surface area contributed by atoms with Gasteiger partial charge in [0.2, 0.25) is 5.95 Å². The smallest absolute Gasteiger partial charge is 0.251 e. The summed E-state index contributed by atoms with van der Waals surface area (Å²) in [5, 5.41) is 5.98. The first-order chi connectivity index (χ1) is 16.4. The maximum atomic E-state index is 14.5. The number of nitrogens with zero attached hydrogens (tertiary/aromatic N) is 3. The van der Waals surface area contributed by atoms with E-state index in [1.807, 2.05) is 0 Å². The van der Waals surface area contributed by atoms with E-state index in [0.717, 1.165) is 19.3 Å². The van der Waals surface area contributed by atoms with Crippen molar-refractivity contribution in [1.29, 1.82) is 0 Å². The molecule has 0 spiro atoms. The van der Waals surface area contributed by atoms with E-state index in [-0.39, 0.29) is 48.5 Å². The highest BCUT2D eigenvalue weighted by molar-refractivity contribution is 5.95. The molecular formula is C25H24F3N5O. The van der Waals surface area contributed by atoms with E-state index in [1.54, 1.807) is 0 Å². The fourth-order valence-electron chi connectivity index (χ4n) is 4.50. The molecule has 2 aromatic heterocycles. The molecule has 1 amide bonds. The summed E-state index contributed by atoms with van der Waals surface area (Å²) >= 11 is 0. The molecule has 2 heterocycles. The van der Waals surface area contributed by atoms with Crippen LogP contribution >= 0.6 is 0 Å². The highest BCUT2D eigenvalue weighted by atomic mass is 19.1. The van der Waals surface area contributed by atoms with Gasteiger partial charge in [-0.05, 0) is 62.4 Å². The van der Waals surface area contributed by atoms with Gasteiger partial charge in [-0.25, -0.2) is 23.1 Å². The Balaban J connectivity index is 1.30. The summed E-state index contributed by atoms with van der Waals surface area (Å²) in [6.07, 6.45) is 6.73. The molecule has 0 atom stereocenters. The third kappa shape index (κ3) is 4.34. The number of aromatic nitrogens is 3. The molecule has 3 aromatic rings. The number of halogens is 3. The minimum Gasteiger partial charge on any atom is -0.353 e. The first-order valence-corrected chi connectivity index (χ1v) is 11.4. The third-order valence-electron chi connectivity index (χ3n) is 6.70. The maximum absolute atomic E-state index is 14.5. The molecule has 34 heavy (non-hydrogen) atoms. The van der Waals surface area contributed by atoms with Gasteiger partial charge >= 0.3 is 0 Å². The van der Waals surface area contributed by atoms with Gasteiger partial charge in [-0.15, -0.1) is 0 Å². The molecule has 0 aliphatic heterocycles. The lowest BCUT2D eigenvalue weighted by atomic mass is 9.65. The second kappa shape index (κ2) is 9.04. The summed E-state index contributed by atoms with van der Waals surface area (Å²) < 4.78 is 42.6. The number of benzene rings is 1. The van der Waals surface area contributed by atoms with Gasteiger partial charge in [-0.2, -0.15) is 0 Å². The van der Waals surface area contributed by atoms with Crippen LogP contribution in [-0.2, 0) is 5.41 Å². The number of alkyl halides is 1. The number of anilines is 1. The van der Waals surface area contributed by atoms with Crippen molar-refractivity contribution >= 4 is 11.9 Å². The van der Waals surface area contributed by atoms with Crippen LogP contribution in [0, 0.1) is 11.6 Å². The molecule has 0 radical (unpaired) electrons. The predicted molar refractivity (Wildman–Crippen MR) is 121 cm³/mol. The van der Waals surface area contributed by atoms with Gasteiger partial charge in [0.15, 0.2) is 0 Å². The van der Waals surface area contributed by atoms with Gasteiger partial charge in [-0.1, -0.05) is 0 Å². The van der Waals surface area contributed by atoms with Crippen LogP contribution in [-0.4, -0.2) is 39.6 Å². The van der Waals surface area contributed by atoms with Crippen LogP contribution in [0.1, 0.15) is 48.2 Å². The highest BCUT2D eigenvalue weighted by Gasteiger charge is 2.48. The van der Waals surface area contributed by atoms with Crippen molar-refractivity contribution in [3.05, 3.63) is 71.8 Å². The number of amides is 1. The summed E-state index contributed by atoms with van der Waals surface area (Å²) in [5.74, 6) is -0.938. The SMILES string of the molecule is O=C(NC1CCC1)c1ccc(F)c(-c2cnc(NC[C@]3(c4ncccc4F)C[C@H](F)C3)nc2)c1. The second-order valence-electron chi connectivity index (χ2n) is 9.06. The van der Waals surface area contributed by atoms with E-state index in [4.69, 9.17) is 0 Å². The molecule has 2 aliphatic carbocycles. The van der Waals surface area contributed by atoms with Gasteiger partial charge in [0.1, 0.15) is 17.8 Å². The largest absolute Gasteiger partial charge is 0.353 e. The van der Waals surface area contributed by atoms with Crippen molar-refractivity contribution in [1.82, 2.24) is 20.3 Å². The molecule has 1 aromatic carbocycles. The Hall–Kier alpha value is -3.49. The first-order valence-electron chi connectivity index (χ1n) is 11.4. The van der Waals surface area contributed by atoms with Crippen LogP contribution < -0.4 is 10.6 Å². The van der Waals surface area contributed by atoms with E-state index in [0.29, 0.717) is 11.1 Å². The Kier molecular flexibility index (Phi) is 5.93. The van der Waals surface area contributed by atoms with Crippen molar-refractivity contribution in [3.63, 3.8) is 0 Å². The number of rotatable bonds is 7. The molecule has 6 nitrogen and oxygen atoms in total. The van der Waals surface area contributed by atoms with Crippen LogP contribution in [0.5, 0.6) is 0 Å². The number of carbonyl (C=O) groups excluding carboxylic acids is 1. The van der Waals surface area contributed by atoms with E-state index in [9.17, 15) is 18.0 Å². The lowest BCUT2D eigenvalue weighted by Crippen LogP contribution is -2.49. The van der Waals surface area contributed by atoms with Gasteiger partial charge in [0.25, 0.3) is 5.91 Å². The molecule has 0 saturated heterocycles. The van der Waals surface area contributed by atoms with Crippen LogP contribution in [0.2, 0.25) is 0 Å². The van der Waals surface area contributed by atoms with Crippen LogP contribution in [0.3, 0.4) is 0 Å². The lowest BCUT2D eigenvalue weighted by Gasteiger charge is -2.43. The summed E-state index contributed by atoms with van der Waals surface area (Å²) in [7, 11) is 0. The topological polar surface area (TPSA) is 79.8 Å². The zero-order chi connectivity index (χ0) is 23.7. The molecule has 9 heteroatoms. The van der Waals surface area contributed by atoms with Gasteiger partial charge in [0, 0.05) is 53.3 Å². The van der Waals surface area contributed by atoms with E-state index >= 15 is 0 Å². The molecule has 0 bridgehead atoms. The van der Waals surface area contributed by atoms with E-state index in [1.165, 1.54) is 48.9 Å². The second-order valence-corrected chi connectivity index (χ2v) is 9.06. The van der Waals surface area contributed by atoms with Crippen LogP contribution in [0.15, 0.2) is 48.9 Å². The van der Waals surface area contributed by atoms with Crippen molar-refractivity contribution in [2.75, 3.05) is 11.9 Å². The fraction of sp³-hybridized carbons (Fsp3) is 0.360. The summed E-state index contributed by atoms with van der Waals surface area (Å²) in [6, 6.07) is 7.20. The number of hydrogen-bond acceptors (Lipinski definition) is 5. The highest BCUT2D eigenvalue weighted by Crippen LogP contribution is 2.45. The Morgan fingerprint density at radius 1 is 1.06 bits per heavy atom. The molecule has 5 rings (SSSR count). The average molecular weight is 467 g/mol. The number of pyridine rings is 1. The van der Waals surface area contributed by atoms with Gasteiger partial charge in [0.05, 0.1) is 5.69 Å². The van der Waals surface area contributed by atoms with Crippen molar-refractivity contribution in [3.8, 4) is 11.1 Å². The zero-order valence-electron chi connectivity index (χ0n) is 18.4. The van der Waals surface area contributed by atoms with Gasteiger partial charge in [-0.3, -0.25) is 9.78 Å². The molecule has 2 aliphatic rings. The molecule has 2 saturated carbocycles. The number of nitrogens with one attached hydrogen (secondary N) is 2. The minimum atomic E-state index is -1.01. The maximum Gasteiger partial charge on any atom is 0.251 e. The normalized spacial score (nSPS) is 21.9. The quantitative estimate of drug-likeness (QED) is 0.532. The van der Waals surface area contributed by atoms with Gasteiger partial charge < -0.3 is 10.6 Å². The molecule has 176 valence electrons. The summed E-state index contributed by atoms with van der Waals surface area (Å²) in [4.78, 5) is 25.1. The van der Waals surface area contributed by atoms with Crippen molar-refractivity contribution < 1.29 is 18.0 Å². The molecular weight excluding hydrogens is 443 g/mol. The Bertz CT molecular complexity index is 1190. The molecule has 0 unspecified atom stereocenters. The standard InChI is InChI=1S/C25H24F3N5O/c26-17-10-25(11-17,22-21(28)5-2-8-29-22)14-32-24-30-12-16(13-31-24)19-9-15(6-7-20(19)27)23(34)33-18-3-1-4-18/h2,5-9,12-13,17-18H,1,3-4,10-11,14H2,(H,33,34)(H,30,31,32)/t17-,25-. The van der Waals surface area contributed by atoms with E-state index in [2.05, 4.69) is 25.6 Å². The predicted octanol–water partition coefficient (Wildman–Crippen LogP) is 4.58. The number of carbonyl (C=O) groups is 1. The fourth-order valence-corrected chi connectivity index (χ4v) is 4.50. The Morgan fingerprint density at radius 3 is 2.47 bits per heavy atom. The summed E-state index contributed by atoms with van der Waals surface area (Å²) in [6.45, 7) is 0.214. The van der Waals surface area contributed by atoms with E-state index < -0.39 is 23.2 Å².